The van der Waals surface area contributed by atoms with Gasteiger partial charge in [0.25, 0.3) is 0 Å². The van der Waals surface area contributed by atoms with Crippen LogP contribution in [0.3, 0.4) is 0 Å². The van der Waals surface area contributed by atoms with Crippen LogP contribution in [0.25, 0.3) is 0 Å². The maximum absolute atomic E-state index is 4.10. The van der Waals surface area contributed by atoms with Crippen LogP contribution in [-0.4, -0.2) is 16.1 Å². The summed E-state index contributed by atoms with van der Waals surface area (Å²) in [7, 11) is 2.01. The Kier molecular flexibility index (Phi) is 3.71. The molecule has 3 heteroatoms. The number of imidazole rings is 1. The molecule has 0 amide bonds. The lowest BCUT2D eigenvalue weighted by atomic mass is 10.1. The minimum atomic E-state index is 0.343. The van der Waals surface area contributed by atoms with E-state index in [1.54, 1.807) is 0 Å². The van der Waals surface area contributed by atoms with Gasteiger partial charge in [-0.3, -0.25) is 0 Å². The van der Waals surface area contributed by atoms with Gasteiger partial charge in [-0.1, -0.05) is 13.0 Å². The summed E-state index contributed by atoms with van der Waals surface area (Å²) in [6, 6.07) is 0.343. The molecular weight excluding hydrogens is 162 g/mol. The second kappa shape index (κ2) is 4.82. The lowest BCUT2D eigenvalue weighted by molar-refractivity contribution is 0.529. The van der Waals surface area contributed by atoms with E-state index in [0.29, 0.717) is 6.04 Å². The van der Waals surface area contributed by atoms with Gasteiger partial charge in [-0.05, 0) is 13.0 Å². The van der Waals surface area contributed by atoms with Crippen LogP contribution >= 0.6 is 0 Å². The smallest absolute Gasteiger partial charge is 0.0946 e. The van der Waals surface area contributed by atoms with Crippen molar-refractivity contribution in [3.8, 4) is 0 Å². The molecule has 3 nitrogen and oxygen atoms in total. The maximum atomic E-state index is 4.10. The highest BCUT2D eigenvalue weighted by molar-refractivity contribution is 5.06. The molecule has 13 heavy (non-hydrogen) atoms. The van der Waals surface area contributed by atoms with Crippen molar-refractivity contribution in [3.05, 3.63) is 30.9 Å². The van der Waals surface area contributed by atoms with Crippen LogP contribution in [0.5, 0.6) is 0 Å². The summed E-state index contributed by atoms with van der Waals surface area (Å²) in [6.45, 7) is 6.82. The fourth-order valence-corrected chi connectivity index (χ4v) is 1.42. The van der Waals surface area contributed by atoms with E-state index >= 15 is 0 Å². The quantitative estimate of drug-likeness (QED) is 0.696. The van der Waals surface area contributed by atoms with Crippen LogP contribution in [0.2, 0.25) is 0 Å². The zero-order valence-electron chi connectivity index (χ0n) is 8.33. The van der Waals surface area contributed by atoms with E-state index in [1.165, 1.54) is 5.69 Å². The Morgan fingerprint density at radius 1 is 1.77 bits per heavy atom. The van der Waals surface area contributed by atoms with Gasteiger partial charge in [0.2, 0.25) is 0 Å². The molecular formula is C10H17N3. The minimum Gasteiger partial charge on any atom is -0.336 e. The molecule has 0 fully saturated rings. The molecule has 0 aliphatic rings. The highest BCUT2D eigenvalue weighted by atomic mass is 15.1. The van der Waals surface area contributed by atoms with E-state index in [1.807, 2.05) is 30.2 Å². The van der Waals surface area contributed by atoms with Gasteiger partial charge < -0.3 is 9.88 Å². The van der Waals surface area contributed by atoms with Gasteiger partial charge in [0.05, 0.1) is 18.1 Å². The van der Waals surface area contributed by atoms with Gasteiger partial charge in [0, 0.05) is 13.2 Å². The molecule has 0 aliphatic carbocycles. The van der Waals surface area contributed by atoms with Crippen LogP contribution in [0.1, 0.15) is 25.1 Å². The van der Waals surface area contributed by atoms with Gasteiger partial charge >= 0.3 is 0 Å². The van der Waals surface area contributed by atoms with Crippen LogP contribution in [0.15, 0.2) is 25.2 Å². The number of nitrogens with one attached hydrogen (secondary N) is 1. The maximum Gasteiger partial charge on any atom is 0.0946 e. The third-order valence-electron chi connectivity index (χ3n) is 2.06. The molecule has 1 rings (SSSR count). The molecule has 1 atom stereocenters. The van der Waals surface area contributed by atoms with Crippen molar-refractivity contribution in [1.82, 2.24) is 14.9 Å². The van der Waals surface area contributed by atoms with Crippen molar-refractivity contribution < 1.29 is 0 Å². The zero-order chi connectivity index (χ0) is 9.68. The molecule has 1 aromatic rings. The van der Waals surface area contributed by atoms with Crippen molar-refractivity contribution in [2.24, 2.45) is 7.05 Å². The summed E-state index contributed by atoms with van der Waals surface area (Å²) in [5, 5.41) is 3.39. The van der Waals surface area contributed by atoms with E-state index in [9.17, 15) is 0 Å². The predicted molar refractivity (Wildman–Crippen MR) is 54.4 cm³/mol. The molecule has 72 valence electrons. The van der Waals surface area contributed by atoms with Gasteiger partial charge in [-0.15, -0.1) is 6.58 Å². The molecule has 0 aromatic carbocycles. The largest absolute Gasteiger partial charge is 0.336 e. The van der Waals surface area contributed by atoms with E-state index in [-0.39, 0.29) is 0 Å². The first kappa shape index (κ1) is 9.99. The summed E-state index contributed by atoms with van der Waals surface area (Å²) >= 11 is 0. The number of aryl methyl sites for hydroxylation is 1. The first-order chi connectivity index (χ1) is 6.29. The minimum absolute atomic E-state index is 0.343. The van der Waals surface area contributed by atoms with Crippen molar-refractivity contribution in [3.63, 3.8) is 0 Å². The molecule has 0 aliphatic heterocycles. The number of aromatic nitrogens is 2. The van der Waals surface area contributed by atoms with Gasteiger partial charge in [-0.25, -0.2) is 4.98 Å². The van der Waals surface area contributed by atoms with Gasteiger partial charge in [0.15, 0.2) is 0 Å². The molecule has 0 spiro atoms. The highest BCUT2D eigenvalue weighted by Crippen LogP contribution is 2.15. The summed E-state index contributed by atoms with van der Waals surface area (Å²) in [4.78, 5) is 4.10. The molecule has 0 saturated heterocycles. The van der Waals surface area contributed by atoms with E-state index < -0.39 is 0 Å². The van der Waals surface area contributed by atoms with Crippen LogP contribution < -0.4 is 5.32 Å². The Bertz CT molecular complexity index is 265. The Labute approximate surface area is 79.5 Å². The SMILES string of the molecule is C=CCC(NCC)c1cncn1C. The highest BCUT2D eigenvalue weighted by Gasteiger charge is 2.10. The van der Waals surface area contributed by atoms with Crippen molar-refractivity contribution in [2.45, 2.75) is 19.4 Å². The lowest BCUT2D eigenvalue weighted by Crippen LogP contribution is -2.22. The molecule has 1 unspecified atom stereocenters. The van der Waals surface area contributed by atoms with Crippen molar-refractivity contribution in [1.29, 1.82) is 0 Å². The monoisotopic (exact) mass is 179 g/mol. The number of hydrogen-bond acceptors (Lipinski definition) is 2. The Morgan fingerprint density at radius 2 is 2.54 bits per heavy atom. The topological polar surface area (TPSA) is 29.9 Å². The van der Waals surface area contributed by atoms with Gasteiger partial charge in [-0.2, -0.15) is 0 Å². The van der Waals surface area contributed by atoms with Crippen LogP contribution in [0, 0.1) is 0 Å². The molecule has 0 radical (unpaired) electrons. The van der Waals surface area contributed by atoms with Crippen LogP contribution in [-0.2, 0) is 7.05 Å². The molecule has 0 saturated carbocycles. The second-order valence-corrected chi connectivity index (χ2v) is 3.06. The van der Waals surface area contributed by atoms with E-state index in [0.717, 1.165) is 13.0 Å². The fraction of sp³-hybridized carbons (Fsp3) is 0.500. The fourth-order valence-electron chi connectivity index (χ4n) is 1.42. The summed E-state index contributed by atoms with van der Waals surface area (Å²) in [5.74, 6) is 0. The predicted octanol–water partition coefficient (Wildman–Crippen LogP) is 1.65. The third kappa shape index (κ3) is 2.42. The Balaban J connectivity index is 2.74. The Morgan fingerprint density at radius 3 is 3.00 bits per heavy atom. The molecule has 1 aromatic heterocycles. The van der Waals surface area contributed by atoms with Crippen molar-refractivity contribution in [2.75, 3.05) is 6.54 Å². The first-order valence-electron chi connectivity index (χ1n) is 4.60. The van der Waals surface area contributed by atoms with Crippen molar-refractivity contribution >= 4 is 0 Å². The van der Waals surface area contributed by atoms with E-state index in [4.69, 9.17) is 0 Å². The number of hydrogen-bond donors (Lipinski definition) is 1. The van der Waals surface area contributed by atoms with Gasteiger partial charge in [0.1, 0.15) is 0 Å². The summed E-state index contributed by atoms with van der Waals surface area (Å²) < 4.78 is 2.04. The first-order valence-corrected chi connectivity index (χ1v) is 4.60. The number of nitrogens with zero attached hydrogens (tertiary/aromatic N) is 2. The molecule has 1 N–H and O–H groups in total. The molecule has 0 bridgehead atoms. The lowest BCUT2D eigenvalue weighted by Gasteiger charge is -2.16. The van der Waals surface area contributed by atoms with E-state index in [2.05, 4.69) is 23.8 Å². The average molecular weight is 179 g/mol. The number of rotatable bonds is 5. The summed E-state index contributed by atoms with van der Waals surface area (Å²) in [5.41, 5.74) is 1.21. The normalized spacial score (nSPS) is 12.8. The van der Waals surface area contributed by atoms with Crippen LogP contribution in [0.4, 0.5) is 0 Å². The average Bonchev–Trinajstić information content (AvgIpc) is 2.51. The molecule has 1 heterocycles. The zero-order valence-corrected chi connectivity index (χ0v) is 8.33. The third-order valence-corrected chi connectivity index (χ3v) is 2.06. The Hall–Kier alpha value is -1.09. The second-order valence-electron chi connectivity index (χ2n) is 3.06. The standard InChI is InChI=1S/C10H17N3/c1-4-6-9(12-5-2)10-7-11-8-13(10)3/h4,7-9,12H,1,5-6H2,2-3H3. The summed E-state index contributed by atoms with van der Waals surface area (Å²) in [6.07, 6.45) is 6.59.